The van der Waals surface area contributed by atoms with Crippen molar-refractivity contribution < 1.29 is 14.0 Å². The number of amides is 2. The van der Waals surface area contributed by atoms with Crippen molar-refractivity contribution in [2.75, 3.05) is 11.4 Å². The summed E-state index contributed by atoms with van der Waals surface area (Å²) < 4.78 is 15.2. The van der Waals surface area contributed by atoms with E-state index in [1.54, 1.807) is 0 Å². The molecule has 2 heterocycles. The van der Waals surface area contributed by atoms with Crippen molar-refractivity contribution in [3.63, 3.8) is 0 Å². The quantitative estimate of drug-likeness (QED) is 0.381. The number of rotatable bonds is 9. The average Bonchev–Trinajstić information content (AvgIpc) is 3.48. The van der Waals surface area contributed by atoms with Crippen molar-refractivity contribution in [1.29, 1.82) is 0 Å². The highest BCUT2D eigenvalue weighted by molar-refractivity contribution is 7.10. The predicted molar refractivity (Wildman–Crippen MR) is 131 cm³/mol. The molecule has 0 unspecified atom stereocenters. The summed E-state index contributed by atoms with van der Waals surface area (Å²) >= 11 is 1.39. The van der Waals surface area contributed by atoms with Gasteiger partial charge in [0.05, 0.1) is 5.52 Å². The smallest absolute Gasteiger partial charge is 0.249 e. The summed E-state index contributed by atoms with van der Waals surface area (Å²) in [5.74, 6) is -0.646. The third-order valence-corrected chi connectivity index (χ3v) is 6.34. The first-order valence-corrected chi connectivity index (χ1v) is 12.0. The highest BCUT2D eigenvalue weighted by Crippen LogP contribution is 2.31. The Bertz CT molecular complexity index is 1250. The molecule has 9 heteroatoms. The van der Waals surface area contributed by atoms with Gasteiger partial charge in [-0.05, 0) is 60.2 Å². The van der Waals surface area contributed by atoms with Gasteiger partial charge in [0.25, 0.3) is 0 Å². The van der Waals surface area contributed by atoms with Gasteiger partial charge < -0.3 is 5.32 Å². The Morgan fingerprint density at radius 2 is 1.85 bits per heavy atom. The number of carbonyl (C=O) groups excluding carboxylic acids is 2. The number of carbonyl (C=O) groups is 2. The van der Waals surface area contributed by atoms with Gasteiger partial charge in [-0.1, -0.05) is 37.3 Å². The van der Waals surface area contributed by atoms with Crippen LogP contribution in [0.2, 0.25) is 0 Å². The number of benzene rings is 2. The number of nitrogens with one attached hydrogen (secondary N) is 1. The molecule has 4 rings (SSSR count). The number of hydrogen-bond donors (Lipinski definition) is 1. The molecule has 2 amide bonds. The lowest BCUT2D eigenvalue weighted by Crippen LogP contribution is -2.45. The molecule has 0 bridgehead atoms. The van der Waals surface area contributed by atoms with Gasteiger partial charge in [0.2, 0.25) is 11.8 Å². The lowest BCUT2D eigenvalue weighted by molar-refractivity contribution is -0.126. The number of nitrogens with zero attached hydrogens (tertiary/aromatic N) is 4. The maximum Gasteiger partial charge on any atom is 0.249 e. The molecule has 0 radical (unpaired) electrons. The molecular weight excluding hydrogens is 453 g/mol. The van der Waals surface area contributed by atoms with Gasteiger partial charge in [-0.25, -0.2) is 9.07 Å². The van der Waals surface area contributed by atoms with E-state index in [0.29, 0.717) is 34.1 Å². The van der Waals surface area contributed by atoms with Gasteiger partial charge in [-0.2, -0.15) is 0 Å². The van der Waals surface area contributed by atoms with Crippen LogP contribution in [0.25, 0.3) is 11.0 Å². The molecule has 0 saturated heterocycles. The van der Waals surface area contributed by atoms with Gasteiger partial charge in [0.15, 0.2) is 0 Å². The molecule has 2 aromatic carbocycles. The van der Waals surface area contributed by atoms with Crippen molar-refractivity contribution in [1.82, 2.24) is 20.3 Å². The zero-order chi connectivity index (χ0) is 24.1. The molecule has 0 spiro atoms. The van der Waals surface area contributed by atoms with E-state index in [0.717, 1.165) is 6.42 Å². The normalized spacial score (nSPS) is 12.1. The fraction of sp³-hybridized carbons (Fsp3) is 0.280. The van der Waals surface area contributed by atoms with Gasteiger partial charge in [-0.15, -0.1) is 16.4 Å². The van der Waals surface area contributed by atoms with E-state index in [4.69, 9.17) is 0 Å². The molecule has 1 N–H and O–H groups in total. The zero-order valence-electron chi connectivity index (χ0n) is 19.0. The van der Waals surface area contributed by atoms with E-state index in [1.807, 2.05) is 41.8 Å². The second-order valence-electron chi connectivity index (χ2n) is 8.37. The van der Waals surface area contributed by atoms with Crippen LogP contribution in [0.4, 0.5) is 10.1 Å². The predicted octanol–water partition coefficient (Wildman–Crippen LogP) is 4.57. The number of hydrogen-bond acceptors (Lipinski definition) is 5. The Morgan fingerprint density at radius 3 is 2.56 bits per heavy atom. The Hall–Kier alpha value is -3.59. The second-order valence-corrected chi connectivity index (χ2v) is 9.35. The molecule has 0 saturated carbocycles. The molecule has 4 aromatic rings. The van der Waals surface area contributed by atoms with Gasteiger partial charge >= 0.3 is 0 Å². The standard InChI is InChI=1S/C25H26FN5O2S/c1-17(2)13-14-27-25(33)24(22-8-5-15-34-22)31(19-11-9-18(26)10-12-19)23(32)16-30-21-7-4-3-6-20(21)28-29-30/h3-12,15,17,24H,13-14,16H2,1-2H3,(H,27,33)/t24-/m0/s1. The lowest BCUT2D eigenvalue weighted by Gasteiger charge is -2.30. The first kappa shape index (κ1) is 23.6. The van der Waals surface area contributed by atoms with Crippen LogP contribution in [0.15, 0.2) is 66.0 Å². The first-order valence-electron chi connectivity index (χ1n) is 11.1. The van der Waals surface area contributed by atoms with Crippen molar-refractivity contribution >= 4 is 39.9 Å². The van der Waals surface area contributed by atoms with E-state index in [2.05, 4.69) is 29.5 Å². The van der Waals surface area contributed by atoms with Crippen LogP contribution < -0.4 is 10.2 Å². The van der Waals surface area contributed by atoms with Crippen LogP contribution >= 0.6 is 11.3 Å². The molecule has 0 fully saturated rings. The average molecular weight is 480 g/mol. The number of anilines is 1. The third-order valence-electron chi connectivity index (χ3n) is 5.42. The second kappa shape index (κ2) is 10.6. The van der Waals surface area contributed by atoms with Crippen LogP contribution in [0.5, 0.6) is 0 Å². The van der Waals surface area contributed by atoms with E-state index >= 15 is 0 Å². The summed E-state index contributed by atoms with van der Waals surface area (Å²) in [6.07, 6.45) is 0.818. The van der Waals surface area contributed by atoms with Crippen LogP contribution in [0.1, 0.15) is 31.2 Å². The molecule has 0 aliphatic rings. The largest absolute Gasteiger partial charge is 0.354 e. The minimum absolute atomic E-state index is 0.126. The summed E-state index contributed by atoms with van der Waals surface area (Å²) in [4.78, 5) is 29.3. The van der Waals surface area contributed by atoms with Crippen LogP contribution in [0, 0.1) is 11.7 Å². The van der Waals surface area contributed by atoms with Crippen LogP contribution in [-0.2, 0) is 16.1 Å². The summed E-state index contributed by atoms with van der Waals surface area (Å²) in [6.45, 7) is 4.54. The van der Waals surface area contributed by atoms with Gasteiger partial charge in [-0.3, -0.25) is 14.5 Å². The van der Waals surface area contributed by atoms with Crippen molar-refractivity contribution in [2.24, 2.45) is 5.92 Å². The highest BCUT2D eigenvalue weighted by Gasteiger charge is 2.34. The zero-order valence-corrected chi connectivity index (χ0v) is 19.8. The third kappa shape index (κ3) is 5.31. The van der Waals surface area contributed by atoms with Crippen LogP contribution in [-0.4, -0.2) is 33.4 Å². The number of thiophene rings is 1. The van der Waals surface area contributed by atoms with Crippen molar-refractivity contribution in [3.05, 3.63) is 76.7 Å². The number of para-hydroxylation sites is 1. The summed E-state index contributed by atoms with van der Waals surface area (Å²) in [6, 6.07) is 15.7. The molecule has 34 heavy (non-hydrogen) atoms. The molecule has 176 valence electrons. The Labute approximate surface area is 201 Å². The molecule has 0 aliphatic heterocycles. The van der Waals surface area contributed by atoms with E-state index in [1.165, 1.54) is 45.2 Å². The summed E-state index contributed by atoms with van der Waals surface area (Å²) in [5.41, 5.74) is 1.81. The maximum atomic E-state index is 13.7. The lowest BCUT2D eigenvalue weighted by atomic mass is 10.1. The fourth-order valence-corrected chi connectivity index (χ4v) is 4.49. The summed E-state index contributed by atoms with van der Waals surface area (Å²) in [7, 11) is 0. The SMILES string of the molecule is CC(C)CCNC(=O)[C@H](c1cccs1)N(C(=O)Cn1nnc2ccccc21)c1ccc(F)cc1. The number of halogens is 1. The van der Waals surface area contributed by atoms with E-state index in [-0.39, 0.29) is 18.4 Å². The van der Waals surface area contributed by atoms with Crippen molar-refractivity contribution in [2.45, 2.75) is 32.9 Å². The topological polar surface area (TPSA) is 80.1 Å². The Morgan fingerprint density at radius 1 is 1.09 bits per heavy atom. The maximum absolute atomic E-state index is 13.7. The summed E-state index contributed by atoms with van der Waals surface area (Å²) in [5, 5.41) is 13.1. The molecule has 7 nitrogen and oxygen atoms in total. The minimum atomic E-state index is -0.903. The molecular formula is C25H26FN5O2S. The van der Waals surface area contributed by atoms with Gasteiger partial charge in [0.1, 0.15) is 23.9 Å². The monoisotopic (exact) mass is 479 g/mol. The number of fused-ring (bicyclic) bond motifs is 1. The fourth-order valence-electron chi connectivity index (χ4n) is 3.68. The molecule has 2 aromatic heterocycles. The number of aromatic nitrogens is 3. The highest BCUT2D eigenvalue weighted by atomic mass is 32.1. The molecule has 1 atom stereocenters. The van der Waals surface area contributed by atoms with Crippen LogP contribution in [0.3, 0.4) is 0 Å². The van der Waals surface area contributed by atoms with E-state index in [9.17, 15) is 14.0 Å². The molecule has 0 aliphatic carbocycles. The van der Waals surface area contributed by atoms with Gasteiger partial charge in [0, 0.05) is 17.1 Å². The van der Waals surface area contributed by atoms with E-state index < -0.39 is 11.9 Å². The minimum Gasteiger partial charge on any atom is -0.354 e. The Kier molecular flexibility index (Phi) is 7.32. The Balaban J connectivity index is 1.71. The first-order chi connectivity index (χ1) is 16.4. The van der Waals surface area contributed by atoms with Crippen molar-refractivity contribution in [3.8, 4) is 0 Å².